The van der Waals surface area contributed by atoms with E-state index in [-0.39, 0.29) is 0 Å². The second-order valence-corrected chi connectivity index (χ2v) is 4.26. The Morgan fingerprint density at radius 1 is 1.44 bits per heavy atom. The van der Waals surface area contributed by atoms with Gasteiger partial charge in [0.1, 0.15) is 11.5 Å². The molecule has 18 heavy (non-hydrogen) atoms. The summed E-state index contributed by atoms with van der Waals surface area (Å²) in [6, 6.07) is 3.91. The first-order valence-electron chi connectivity index (χ1n) is 5.99. The number of ether oxygens (including phenoxy) is 1. The molecule has 0 unspecified atom stereocenters. The third-order valence-electron chi connectivity index (χ3n) is 2.68. The van der Waals surface area contributed by atoms with Crippen LogP contribution in [0.5, 0.6) is 0 Å². The van der Waals surface area contributed by atoms with Gasteiger partial charge in [-0.15, -0.1) is 0 Å². The first kappa shape index (κ1) is 12.9. The van der Waals surface area contributed by atoms with Crippen LogP contribution in [0.15, 0.2) is 22.7 Å². The summed E-state index contributed by atoms with van der Waals surface area (Å²) in [7, 11) is 3.61. The first-order valence-corrected chi connectivity index (χ1v) is 5.99. The average Bonchev–Trinajstić information content (AvgIpc) is 2.91. The summed E-state index contributed by atoms with van der Waals surface area (Å²) >= 11 is 0. The molecule has 1 N–H and O–H groups in total. The van der Waals surface area contributed by atoms with E-state index < -0.39 is 0 Å². The van der Waals surface area contributed by atoms with Crippen molar-refractivity contribution in [3.63, 3.8) is 0 Å². The molecule has 0 aliphatic carbocycles. The Morgan fingerprint density at radius 3 is 2.94 bits per heavy atom. The second kappa shape index (κ2) is 5.84. The zero-order chi connectivity index (χ0) is 13.0. The van der Waals surface area contributed by atoms with Gasteiger partial charge in [0.25, 0.3) is 0 Å². The van der Waals surface area contributed by atoms with Crippen LogP contribution >= 0.6 is 0 Å². The molecule has 0 bridgehead atoms. The Balaban J connectivity index is 2.10. The number of methoxy groups -OCH3 is 1. The molecule has 0 fully saturated rings. The molecule has 0 radical (unpaired) electrons. The minimum Gasteiger partial charge on any atom is -0.460 e. The summed E-state index contributed by atoms with van der Waals surface area (Å²) in [5.41, 5.74) is 2.03. The number of rotatable bonds is 6. The van der Waals surface area contributed by atoms with E-state index in [2.05, 4.69) is 10.4 Å². The highest BCUT2D eigenvalue weighted by Gasteiger charge is 2.12. The fraction of sp³-hybridized carbons (Fsp3) is 0.462. The van der Waals surface area contributed by atoms with Crippen LogP contribution < -0.4 is 5.32 Å². The SMILES string of the molecule is COCCNCc1cn(C)nc1-c1ccc(C)o1. The van der Waals surface area contributed by atoms with Gasteiger partial charge in [-0.2, -0.15) is 5.10 Å². The van der Waals surface area contributed by atoms with Crippen LogP contribution in [-0.2, 0) is 18.3 Å². The number of nitrogens with one attached hydrogen (secondary N) is 1. The molecule has 0 aromatic carbocycles. The van der Waals surface area contributed by atoms with E-state index in [1.165, 1.54) is 0 Å². The Kier molecular flexibility index (Phi) is 4.17. The number of furan rings is 1. The summed E-state index contributed by atoms with van der Waals surface area (Å²) in [4.78, 5) is 0. The van der Waals surface area contributed by atoms with Crippen LogP contribution in [0, 0.1) is 6.92 Å². The van der Waals surface area contributed by atoms with Crippen molar-refractivity contribution in [2.45, 2.75) is 13.5 Å². The van der Waals surface area contributed by atoms with Gasteiger partial charge in [0.15, 0.2) is 5.76 Å². The van der Waals surface area contributed by atoms with Crippen molar-refractivity contribution in [1.82, 2.24) is 15.1 Å². The van der Waals surface area contributed by atoms with Gasteiger partial charge in [-0.05, 0) is 19.1 Å². The quantitative estimate of drug-likeness (QED) is 0.792. The molecule has 2 aromatic rings. The van der Waals surface area contributed by atoms with E-state index in [4.69, 9.17) is 9.15 Å². The molecule has 98 valence electrons. The molecular weight excluding hydrogens is 230 g/mol. The van der Waals surface area contributed by atoms with Crippen LogP contribution in [0.4, 0.5) is 0 Å². The number of nitrogens with zero attached hydrogens (tertiary/aromatic N) is 2. The fourth-order valence-corrected chi connectivity index (χ4v) is 1.83. The van der Waals surface area contributed by atoms with E-state index in [0.29, 0.717) is 6.61 Å². The maximum Gasteiger partial charge on any atom is 0.154 e. The molecule has 2 heterocycles. The van der Waals surface area contributed by atoms with Gasteiger partial charge in [0, 0.05) is 39.0 Å². The number of hydrogen-bond acceptors (Lipinski definition) is 4. The monoisotopic (exact) mass is 249 g/mol. The largest absolute Gasteiger partial charge is 0.460 e. The van der Waals surface area contributed by atoms with E-state index in [9.17, 15) is 0 Å². The van der Waals surface area contributed by atoms with Crippen molar-refractivity contribution < 1.29 is 9.15 Å². The number of aryl methyl sites for hydroxylation is 2. The van der Waals surface area contributed by atoms with Crippen molar-refractivity contribution in [3.8, 4) is 11.5 Å². The maximum atomic E-state index is 5.62. The van der Waals surface area contributed by atoms with Gasteiger partial charge in [0.05, 0.1) is 6.61 Å². The molecule has 0 aliphatic rings. The third-order valence-corrected chi connectivity index (χ3v) is 2.68. The van der Waals surface area contributed by atoms with E-state index in [1.54, 1.807) is 11.8 Å². The van der Waals surface area contributed by atoms with Crippen molar-refractivity contribution in [1.29, 1.82) is 0 Å². The Labute approximate surface area is 107 Å². The van der Waals surface area contributed by atoms with Crippen molar-refractivity contribution in [2.75, 3.05) is 20.3 Å². The van der Waals surface area contributed by atoms with Gasteiger partial charge in [-0.25, -0.2) is 0 Å². The zero-order valence-corrected chi connectivity index (χ0v) is 11.1. The summed E-state index contributed by atoms with van der Waals surface area (Å²) in [5, 5.41) is 7.76. The highest BCUT2D eigenvalue weighted by molar-refractivity contribution is 5.56. The van der Waals surface area contributed by atoms with Crippen LogP contribution in [0.2, 0.25) is 0 Å². The molecule has 0 saturated heterocycles. The van der Waals surface area contributed by atoms with E-state index in [0.717, 1.165) is 35.9 Å². The van der Waals surface area contributed by atoms with Gasteiger partial charge in [0.2, 0.25) is 0 Å². The highest BCUT2D eigenvalue weighted by Crippen LogP contribution is 2.23. The Morgan fingerprint density at radius 2 is 2.28 bits per heavy atom. The van der Waals surface area contributed by atoms with Gasteiger partial charge in [-0.1, -0.05) is 0 Å². The van der Waals surface area contributed by atoms with Crippen molar-refractivity contribution >= 4 is 0 Å². The molecule has 5 nitrogen and oxygen atoms in total. The zero-order valence-electron chi connectivity index (χ0n) is 11.1. The van der Waals surface area contributed by atoms with Gasteiger partial charge in [-0.3, -0.25) is 4.68 Å². The lowest BCUT2D eigenvalue weighted by Crippen LogP contribution is -2.18. The lowest BCUT2D eigenvalue weighted by molar-refractivity contribution is 0.199. The Hall–Kier alpha value is -1.59. The molecule has 0 atom stereocenters. The fourth-order valence-electron chi connectivity index (χ4n) is 1.83. The minimum absolute atomic E-state index is 0.704. The first-order chi connectivity index (χ1) is 8.70. The van der Waals surface area contributed by atoms with Crippen LogP contribution in [0.1, 0.15) is 11.3 Å². The Bertz CT molecular complexity index is 502. The van der Waals surface area contributed by atoms with E-state index >= 15 is 0 Å². The molecule has 0 aliphatic heterocycles. The lowest BCUT2D eigenvalue weighted by atomic mass is 10.2. The summed E-state index contributed by atoms with van der Waals surface area (Å²) < 4.78 is 12.4. The summed E-state index contributed by atoms with van der Waals surface area (Å²) in [6.45, 7) is 4.21. The summed E-state index contributed by atoms with van der Waals surface area (Å²) in [5.74, 6) is 1.71. The number of hydrogen-bond donors (Lipinski definition) is 1. The molecule has 2 rings (SSSR count). The minimum atomic E-state index is 0.704. The predicted octanol–water partition coefficient (Wildman–Crippen LogP) is 1.72. The van der Waals surface area contributed by atoms with Crippen LogP contribution in [0.25, 0.3) is 11.5 Å². The molecule has 0 saturated carbocycles. The van der Waals surface area contributed by atoms with Crippen molar-refractivity contribution in [3.05, 3.63) is 29.7 Å². The molecule has 0 amide bonds. The van der Waals surface area contributed by atoms with Crippen LogP contribution in [-0.4, -0.2) is 30.0 Å². The second-order valence-electron chi connectivity index (χ2n) is 4.26. The van der Waals surface area contributed by atoms with Gasteiger partial charge >= 0.3 is 0 Å². The smallest absolute Gasteiger partial charge is 0.154 e. The number of aromatic nitrogens is 2. The molecular formula is C13H19N3O2. The topological polar surface area (TPSA) is 52.2 Å². The predicted molar refractivity (Wildman–Crippen MR) is 69.2 cm³/mol. The van der Waals surface area contributed by atoms with Gasteiger partial charge < -0.3 is 14.5 Å². The van der Waals surface area contributed by atoms with E-state index in [1.807, 2.05) is 32.3 Å². The standard InChI is InChI=1S/C13H19N3O2/c1-10-4-5-12(18-10)13-11(9-16(2)15-13)8-14-6-7-17-3/h4-5,9,14H,6-8H2,1-3H3. The average molecular weight is 249 g/mol. The maximum absolute atomic E-state index is 5.62. The highest BCUT2D eigenvalue weighted by atomic mass is 16.5. The van der Waals surface area contributed by atoms with Crippen molar-refractivity contribution in [2.24, 2.45) is 7.05 Å². The summed E-state index contributed by atoms with van der Waals surface area (Å²) in [6.07, 6.45) is 2.01. The normalized spacial score (nSPS) is 11.1. The molecule has 0 spiro atoms. The molecule has 5 heteroatoms. The van der Waals surface area contributed by atoms with Crippen LogP contribution in [0.3, 0.4) is 0 Å². The third kappa shape index (κ3) is 3.00. The molecule has 2 aromatic heterocycles. The lowest BCUT2D eigenvalue weighted by Gasteiger charge is -2.03.